The summed E-state index contributed by atoms with van der Waals surface area (Å²) in [6, 6.07) is 5.87. The number of unbranched alkanes of at least 4 members (excludes halogenated alkanes) is 1. The molecule has 0 aromatic heterocycles. The maximum atomic E-state index is 12.0. The van der Waals surface area contributed by atoms with Crippen molar-refractivity contribution in [3.05, 3.63) is 29.3 Å². The highest BCUT2D eigenvalue weighted by Gasteiger charge is 2.12. The van der Waals surface area contributed by atoms with Gasteiger partial charge >= 0.3 is 0 Å². The number of fused-ring (bicyclic) bond motifs is 1. The van der Waals surface area contributed by atoms with Gasteiger partial charge in [-0.15, -0.1) is 0 Å². The zero-order valence-corrected chi connectivity index (χ0v) is 12.6. The zero-order valence-electron chi connectivity index (χ0n) is 12.6. The molecule has 0 radical (unpaired) electrons. The Morgan fingerprint density at radius 1 is 1.29 bits per heavy atom. The van der Waals surface area contributed by atoms with E-state index in [1.165, 1.54) is 5.56 Å². The number of ether oxygens (including phenoxy) is 2. The molecular weight excluding hydrogens is 268 g/mol. The van der Waals surface area contributed by atoms with Gasteiger partial charge in [0.05, 0.1) is 13.2 Å². The lowest BCUT2D eigenvalue weighted by molar-refractivity contribution is 0.0686. The largest absolute Gasteiger partial charge is 0.384 e. The normalized spacial score (nSPS) is 12.8. The fourth-order valence-corrected chi connectivity index (χ4v) is 2.31. The first-order valence-electron chi connectivity index (χ1n) is 7.53. The van der Waals surface area contributed by atoms with Gasteiger partial charge in [0.15, 0.2) is 0 Å². The number of amides is 1. The van der Waals surface area contributed by atoms with E-state index in [-0.39, 0.29) is 5.91 Å². The summed E-state index contributed by atoms with van der Waals surface area (Å²) >= 11 is 0. The standard InChI is InChI=1S/C16H24N2O3/c1-20-10-11-21-9-3-2-7-18-16(19)14-5-4-13-6-8-17-15(13)12-14/h4-5,12,17H,2-3,6-11H2,1H3,(H,18,19). The van der Waals surface area contributed by atoms with Crippen LogP contribution in [0.3, 0.4) is 0 Å². The molecule has 0 aliphatic carbocycles. The van der Waals surface area contributed by atoms with E-state index >= 15 is 0 Å². The molecule has 1 aromatic rings. The number of hydrogen-bond acceptors (Lipinski definition) is 4. The third-order valence-electron chi connectivity index (χ3n) is 3.51. The third-order valence-corrected chi connectivity index (χ3v) is 3.51. The van der Waals surface area contributed by atoms with Crippen molar-refractivity contribution in [2.75, 3.05) is 45.3 Å². The lowest BCUT2D eigenvalue weighted by atomic mass is 10.1. The maximum absolute atomic E-state index is 12.0. The summed E-state index contributed by atoms with van der Waals surface area (Å²) in [6.45, 7) is 3.61. The van der Waals surface area contributed by atoms with Crippen molar-refractivity contribution in [1.29, 1.82) is 0 Å². The van der Waals surface area contributed by atoms with Crippen LogP contribution in [0.1, 0.15) is 28.8 Å². The molecule has 1 aliphatic rings. The van der Waals surface area contributed by atoms with Crippen molar-refractivity contribution in [3.8, 4) is 0 Å². The lowest BCUT2D eigenvalue weighted by Gasteiger charge is -2.07. The van der Waals surface area contributed by atoms with Gasteiger partial charge in [-0.3, -0.25) is 4.79 Å². The Hall–Kier alpha value is -1.59. The Kier molecular flexibility index (Phi) is 6.50. The molecule has 1 amide bonds. The molecule has 1 aliphatic heterocycles. The molecule has 0 atom stereocenters. The molecule has 2 rings (SSSR count). The van der Waals surface area contributed by atoms with Crippen LogP contribution in [0.4, 0.5) is 5.69 Å². The van der Waals surface area contributed by atoms with Gasteiger partial charge in [-0.25, -0.2) is 0 Å². The van der Waals surface area contributed by atoms with E-state index < -0.39 is 0 Å². The predicted molar refractivity (Wildman–Crippen MR) is 82.9 cm³/mol. The summed E-state index contributed by atoms with van der Waals surface area (Å²) in [5, 5.41) is 6.23. The van der Waals surface area contributed by atoms with Gasteiger partial charge in [-0.2, -0.15) is 0 Å². The van der Waals surface area contributed by atoms with Gasteiger partial charge in [-0.05, 0) is 37.0 Å². The number of benzene rings is 1. The topological polar surface area (TPSA) is 59.6 Å². The minimum Gasteiger partial charge on any atom is -0.384 e. The minimum atomic E-state index is -0.00759. The summed E-state index contributed by atoms with van der Waals surface area (Å²) in [6.07, 6.45) is 2.90. The molecule has 21 heavy (non-hydrogen) atoms. The number of anilines is 1. The van der Waals surface area contributed by atoms with Crippen LogP contribution in [0.25, 0.3) is 0 Å². The minimum absolute atomic E-state index is 0.00759. The van der Waals surface area contributed by atoms with Crippen molar-refractivity contribution in [3.63, 3.8) is 0 Å². The van der Waals surface area contributed by atoms with Crippen LogP contribution in [0.15, 0.2) is 18.2 Å². The highest BCUT2D eigenvalue weighted by atomic mass is 16.5. The number of hydrogen-bond donors (Lipinski definition) is 2. The summed E-state index contributed by atoms with van der Waals surface area (Å²) in [5.41, 5.74) is 3.11. The summed E-state index contributed by atoms with van der Waals surface area (Å²) in [4.78, 5) is 12.0. The maximum Gasteiger partial charge on any atom is 0.251 e. The van der Waals surface area contributed by atoms with Crippen LogP contribution in [0, 0.1) is 0 Å². The molecule has 116 valence electrons. The first kappa shape index (κ1) is 15.8. The molecule has 0 saturated carbocycles. The van der Waals surface area contributed by atoms with E-state index in [0.29, 0.717) is 26.4 Å². The van der Waals surface area contributed by atoms with Gasteiger partial charge in [-0.1, -0.05) is 6.07 Å². The van der Waals surface area contributed by atoms with Gasteiger partial charge < -0.3 is 20.1 Å². The summed E-state index contributed by atoms with van der Waals surface area (Å²) in [5.74, 6) is -0.00759. The second-order valence-corrected chi connectivity index (χ2v) is 5.12. The van der Waals surface area contributed by atoms with Gasteiger partial charge in [0.1, 0.15) is 0 Å². The molecule has 5 heteroatoms. The van der Waals surface area contributed by atoms with E-state index in [2.05, 4.69) is 10.6 Å². The van der Waals surface area contributed by atoms with Crippen molar-refractivity contribution < 1.29 is 14.3 Å². The Morgan fingerprint density at radius 3 is 3.05 bits per heavy atom. The molecule has 0 fully saturated rings. The lowest BCUT2D eigenvalue weighted by Crippen LogP contribution is -2.24. The van der Waals surface area contributed by atoms with E-state index in [1.807, 2.05) is 18.2 Å². The molecule has 1 aromatic carbocycles. The van der Waals surface area contributed by atoms with E-state index in [1.54, 1.807) is 7.11 Å². The van der Waals surface area contributed by atoms with Gasteiger partial charge in [0.25, 0.3) is 5.91 Å². The van der Waals surface area contributed by atoms with E-state index in [4.69, 9.17) is 9.47 Å². The molecule has 5 nitrogen and oxygen atoms in total. The number of carbonyl (C=O) groups is 1. The van der Waals surface area contributed by atoms with Gasteiger partial charge in [0.2, 0.25) is 0 Å². The predicted octanol–water partition coefficient (Wildman–Crippen LogP) is 1.83. The Bertz CT molecular complexity index is 463. The zero-order chi connectivity index (χ0) is 14.9. The first-order valence-corrected chi connectivity index (χ1v) is 7.53. The quantitative estimate of drug-likeness (QED) is 0.682. The monoisotopic (exact) mass is 292 g/mol. The van der Waals surface area contributed by atoms with Crippen LogP contribution in [0.2, 0.25) is 0 Å². The number of nitrogens with one attached hydrogen (secondary N) is 2. The molecular formula is C16H24N2O3. The molecule has 0 unspecified atom stereocenters. The Labute approximate surface area is 126 Å². The SMILES string of the molecule is COCCOCCCCNC(=O)c1ccc2c(c1)NCC2. The fourth-order valence-electron chi connectivity index (χ4n) is 2.31. The molecule has 2 N–H and O–H groups in total. The Morgan fingerprint density at radius 2 is 2.19 bits per heavy atom. The van der Waals surface area contributed by atoms with Crippen molar-refractivity contribution in [2.24, 2.45) is 0 Å². The number of rotatable bonds is 9. The van der Waals surface area contributed by atoms with E-state index in [9.17, 15) is 4.79 Å². The van der Waals surface area contributed by atoms with Crippen LogP contribution >= 0.6 is 0 Å². The molecule has 0 saturated heterocycles. The molecule has 0 bridgehead atoms. The summed E-state index contributed by atoms with van der Waals surface area (Å²) in [7, 11) is 1.66. The highest BCUT2D eigenvalue weighted by Crippen LogP contribution is 2.23. The average Bonchev–Trinajstić information content (AvgIpc) is 2.97. The average molecular weight is 292 g/mol. The van der Waals surface area contributed by atoms with Gasteiger partial charge in [0, 0.05) is 38.1 Å². The number of carbonyl (C=O) groups excluding carboxylic acids is 1. The third kappa shape index (κ3) is 5.02. The van der Waals surface area contributed by atoms with Crippen LogP contribution in [0.5, 0.6) is 0 Å². The van der Waals surface area contributed by atoms with Crippen molar-refractivity contribution in [2.45, 2.75) is 19.3 Å². The second-order valence-electron chi connectivity index (χ2n) is 5.12. The molecule has 1 heterocycles. The molecule has 0 spiro atoms. The highest BCUT2D eigenvalue weighted by molar-refractivity contribution is 5.95. The second kappa shape index (κ2) is 8.64. The summed E-state index contributed by atoms with van der Waals surface area (Å²) < 4.78 is 10.3. The van der Waals surface area contributed by atoms with Crippen molar-refractivity contribution >= 4 is 11.6 Å². The Balaban J connectivity index is 1.61. The van der Waals surface area contributed by atoms with Crippen molar-refractivity contribution in [1.82, 2.24) is 5.32 Å². The van der Waals surface area contributed by atoms with Crippen LogP contribution in [-0.4, -0.2) is 45.9 Å². The van der Waals surface area contributed by atoms with Crippen LogP contribution in [-0.2, 0) is 15.9 Å². The smallest absolute Gasteiger partial charge is 0.251 e. The first-order chi connectivity index (χ1) is 10.3. The number of methoxy groups -OCH3 is 1. The van der Waals surface area contributed by atoms with E-state index in [0.717, 1.165) is 37.1 Å². The fraction of sp³-hybridized carbons (Fsp3) is 0.562. The van der Waals surface area contributed by atoms with Crippen LogP contribution < -0.4 is 10.6 Å².